The second-order valence-corrected chi connectivity index (χ2v) is 4.88. The first kappa shape index (κ1) is 12.5. The molecule has 102 valence electrons. The highest BCUT2D eigenvalue weighted by atomic mass is 35.5. The normalized spacial score (nSPS) is 21.2. The number of anilines is 1. The zero-order valence-corrected chi connectivity index (χ0v) is 10.2. The van der Waals surface area contributed by atoms with Crippen LogP contribution >= 0.6 is 11.6 Å². The molecule has 1 aliphatic heterocycles. The average molecular weight is 294 g/mol. The molecule has 1 saturated heterocycles. The van der Waals surface area contributed by atoms with E-state index < -0.39 is 24.9 Å². The zero-order valence-electron chi connectivity index (χ0n) is 9.43. The molecule has 0 saturated carbocycles. The molecule has 0 bridgehead atoms. The Balaban J connectivity index is 2.08. The predicted molar refractivity (Wildman–Crippen MR) is 63.2 cm³/mol. The Labute approximate surface area is 110 Å². The van der Waals surface area contributed by atoms with Gasteiger partial charge >= 0.3 is 11.8 Å². The summed E-state index contributed by atoms with van der Waals surface area (Å²) < 4.78 is 52.8. The van der Waals surface area contributed by atoms with Gasteiger partial charge in [-0.15, -0.1) is 0 Å². The minimum absolute atomic E-state index is 0.0254. The van der Waals surface area contributed by atoms with Crippen molar-refractivity contribution in [2.75, 3.05) is 18.0 Å². The second kappa shape index (κ2) is 3.75. The number of hydrogen-bond donors (Lipinski definition) is 1. The lowest BCUT2D eigenvalue weighted by molar-refractivity contribution is -0.172. The molecule has 2 aromatic rings. The van der Waals surface area contributed by atoms with Gasteiger partial charge in [-0.2, -0.15) is 22.7 Å². The molecule has 19 heavy (non-hydrogen) atoms. The monoisotopic (exact) mass is 293 g/mol. The number of rotatable bonds is 1. The number of H-pyrrole nitrogens is 1. The number of fused-ring (bicyclic) bond motifs is 1. The van der Waals surface area contributed by atoms with E-state index in [0.717, 1.165) is 4.90 Å². The fraction of sp³-hybridized carbons (Fsp3) is 0.364. The molecule has 0 amide bonds. The minimum atomic E-state index is -4.07. The fourth-order valence-electron chi connectivity index (χ4n) is 2.16. The first-order valence-electron chi connectivity index (χ1n) is 5.45. The van der Waals surface area contributed by atoms with Gasteiger partial charge in [0.15, 0.2) is 5.82 Å². The van der Waals surface area contributed by atoms with E-state index in [1.54, 1.807) is 18.2 Å². The summed E-state index contributed by atoms with van der Waals surface area (Å²) in [6.45, 7) is -2.16. The van der Waals surface area contributed by atoms with Crippen LogP contribution in [0.2, 0.25) is 5.02 Å². The lowest BCUT2D eigenvalue weighted by Crippen LogP contribution is -2.38. The average Bonchev–Trinajstić information content (AvgIpc) is 2.80. The molecule has 1 aromatic heterocycles. The van der Waals surface area contributed by atoms with Crippen LogP contribution in [0.4, 0.5) is 23.4 Å². The van der Waals surface area contributed by atoms with Crippen LogP contribution in [0.25, 0.3) is 10.9 Å². The van der Waals surface area contributed by atoms with Gasteiger partial charge in [0.1, 0.15) is 0 Å². The van der Waals surface area contributed by atoms with E-state index in [0.29, 0.717) is 10.9 Å². The van der Waals surface area contributed by atoms with Gasteiger partial charge in [-0.25, -0.2) is 0 Å². The summed E-state index contributed by atoms with van der Waals surface area (Å²) in [6, 6.07) is 4.85. The number of nitrogens with one attached hydrogen (secondary N) is 1. The lowest BCUT2D eigenvalue weighted by atomic mass is 10.2. The molecule has 3 nitrogen and oxygen atoms in total. The van der Waals surface area contributed by atoms with E-state index in [2.05, 4.69) is 10.2 Å². The van der Waals surface area contributed by atoms with Gasteiger partial charge in [-0.1, -0.05) is 17.7 Å². The number of aromatic amines is 1. The number of halogens is 5. The Kier molecular flexibility index (Phi) is 2.47. The van der Waals surface area contributed by atoms with E-state index >= 15 is 0 Å². The molecule has 0 atom stereocenters. The van der Waals surface area contributed by atoms with Crippen LogP contribution in [0, 0.1) is 0 Å². The van der Waals surface area contributed by atoms with E-state index in [4.69, 9.17) is 11.6 Å². The van der Waals surface area contributed by atoms with Gasteiger partial charge in [0.2, 0.25) is 0 Å². The maximum absolute atomic E-state index is 13.2. The molecule has 1 N–H and O–H groups in total. The molecule has 0 radical (unpaired) electrons. The number of benzene rings is 1. The molecule has 3 rings (SSSR count). The Morgan fingerprint density at radius 3 is 2.42 bits per heavy atom. The highest BCUT2D eigenvalue weighted by molar-refractivity contribution is 6.36. The molecular weight excluding hydrogens is 286 g/mol. The topological polar surface area (TPSA) is 31.9 Å². The number of alkyl halides is 4. The Bertz CT molecular complexity index is 624. The van der Waals surface area contributed by atoms with Gasteiger partial charge in [0.25, 0.3) is 0 Å². The van der Waals surface area contributed by atoms with Crippen molar-refractivity contribution in [3.8, 4) is 0 Å². The third-order valence-corrected chi connectivity index (χ3v) is 3.45. The van der Waals surface area contributed by atoms with Gasteiger partial charge in [-0.05, 0) is 12.1 Å². The molecule has 0 spiro atoms. The molecular formula is C11H8ClF4N3. The molecule has 1 aliphatic rings. The summed E-state index contributed by atoms with van der Waals surface area (Å²) in [7, 11) is 0. The first-order valence-corrected chi connectivity index (χ1v) is 5.83. The minimum Gasteiger partial charge on any atom is -0.342 e. The number of aromatic nitrogens is 2. The Hall–Kier alpha value is -1.50. The van der Waals surface area contributed by atoms with E-state index in [1.165, 1.54) is 0 Å². The van der Waals surface area contributed by atoms with Gasteiger partial charge in [-0.3, -0.25) is 5.10 Å². The summed E-state index contributed by atoms with van der Waals surface area (Å²) in [5.41, 5.74) is 0.515. The van der Waals surface area contributed by atoms with Crippen molar-refractivity contribution in [1.29, 1.82) is 0 Å². The number of nitrogens with zero attached hydrogens (tertiary/aromatic N) is 2. The van der Waals surface area contributed by atoms with Gasteiger partial charge in [0.05, 0.1) is 29.0 Å². The van der Waals surface area contributed by atoms with Crippen LogP contribution in [-0.2, 0) is 0 Å². The molecule has 1 fully saturated rings. The maximum atomic E-state index is 13.2. The highest BCUT2D eigenvalue weighted by Gasteiger charge is 2.63. The van der Waals surface area contributed by atoms with Crippen molar-refractivity contribution >= 4 is 28.3 Å². The largest absolute Gasteiger partial charge is 0.342 e. The molecule has 0 unspecified atom stereocenters. The van der Waals surface area contributed by atoms with Crippen LogP contribution in [0.1, 0.15) is 0 Å². The first-order chi connectivity index (χ1) is 8.82. The zero-order chi connectivity index (χ0) is 13.8. The quantitative estimate of drug-likeness (QED) is 0.818. The van der Waals surface area contributed by atoms with Crippen molar-refractivity contribution in [3.05, 3.63) is 23.2 Å². The fourth-order valence-corrected chi connectivity index (χ4v) is 2.42. The highest BCUT2D eigenvalue weighted by Crippen LogP contribution is 2.44. The van der Waals surface area contributed by atoms with Gasteiger partial charge in [0, 0.05) is 0 Å². The third kappa shape index (κ3) is 1.75. The van der Waals surface area contributed by atoms with Crippen LogP contribution in [0.15, 0.2) is 18.2 Å². The molecule has 8 heteroatoms. The summed E-state index contributed by atoms with van der Waals surface area (Å²) >= 11 is 5.96. The molecule has 0 aliphatic carbocycles. The van der Waals surface area contributed by atoms with Crippen molar-refractivity contribution in [2.24, 2.45) is 0 Å². The summed E-state index contributed by atoms with van der Waals surface area (Å²) in [5, 5.41) is 7.06. The SMILES string of the molecule is FC1(F)CN(c2n[nH]c3cccc(Cl)c23)CC1(F)F. The summed E-state index contributed by atoms with van der Waals surface area (Å²) in [5.74, 6) is -8.11. The molecule has 2 heterocycles. The Morgan fingerprint density at radius 2 is 1.79 bits per heavy atom. The van der Waals surface area contributed by atoms with Crippen molar-refractivity contribution in [2.45, 2.75) is 11.8 Å². The standard InChI is InChI=1S/C11H8ClF4N3/c12-6-2-1-3-7-8(6)9(18-17-7)19-4-10(13,14)11(15,16)5-19/h1-3H,4-5H2,(H,17,18). The predicted octanol–water partition coefficient (Wildman–Crippen LogP) is 3.31. The van der Waals surface area contributed by atoms with Crippen LogP contribution in [0.3, 0.4) is 0 Å². The number of hydrogen-bond acceptors (Lipinski definition) is 2. The maximum Gasteiger partial charge on any atom is 0.329 e. The smallest absolute Gasteiger partial charge is 0.329 e. The van der Waals surface area contributed by atoms with Crippen LogP contribution in [-0.4, -0.2) is 35.1 Å². The van der Waals surface area contributed by atoms with Crippen molar-refractivity contribution < 1.29 is 17.6 Å². The van der Waals surface area contributed by atoms with E-state index in [1.807, 2.05) is 0 Å². The van der Waals surface area contributed by atoms with Crippen molar-refractivity contribution in [1.82, 2.24) is 10.2 Å². The molecule has 1 aromatic carbocycles. The van der Waals surface area contributed by atoms with Crippen molar-refractivity contribution in [3.63, 3.8) is 0 Å². The summed E-state index contributed by atoms with van der Waals surface area (Å²) in [6.07, 6.45) is 0. The van der Waals surface area contributed by atoms with Crippen LogP contribution < -0.4 is 4.90 Å². The lowest BCUT2D eigenvalue weighted by Gasteiger charge is -2.14. The second-order valence-electron chi connectivity index (χ2n) is 4.47. The van der Waals surface area contributed by atoms with Crippen LogP contribution in [0.5, 0.6) is 0 Å². The third-order valence-electron chi connectivity index (χ3n) is 3.13. The van der Waals surface area contributed by atoms with Gasteiger partial charge < -0.3 is 4.90 Å². The Morgan fingerprint density at radius 1 is 1.16 bits per heavy atom. The van der Waals surface area contributed by atoms with E-state index in [9.17, 15) is 17.6 Å². The van der Waals surface area contributed by atoms with E-state index in [-0.39, 0.29) is 10.8 Å². The summed E-state index contributed by atoms with van der Waals surface area (Å²) in [4.78, 5) is 0.852.